The van der Waals surface area contributed by atoms with Crippen LogP contribution >= 0.6 is 11.6 Å². The molecule has 0 heterocycles. The Morgan fingerprint density at radius 2 is 2.15 bits per heavy atom. The first-order chi connectivity index (χ1) is 6.06. The summed E-state index contributed by atoms with van der Waals surface area (Å²) in [6.07, 6.45) is 0. The van der Waals surface area contributed by atoms with E-state index in [9.17, 15) is 4.21 Å². The van der Waals surface area contributed by atoms with Gasteiger partial charge in [0.25, 0.3) is 0 Å². The third-order valence-corrected chi connectivity index (χ3v) is 2.50. The number of aryl methyl sites for hydroxylation is 1. The van der Waals surface area contributed by atoms with E-state index in [0.717, 1.165) is 5.56 Å². The van der Waals surface area contributed by atoms with Crippen LogP contribution in [0.2, 0.25) is 5.02 Å². The van der Waals surface area contributed by atoms with Crippen LogP contribution in [0.5, 0.6) is 5.75 Å². The van der Waals surface area contributed by atoms with Gasteiger partial charge in [-0.15, -0.1) is 0 Å². The molecule has 1 N–H and O–H groups in total. The van der Waals surface area contributed by atoms with Crippen LogP contribution in [0.25, 0.3) is 0 Å². The summed E-state index contributed by atoms with van der Waals surface area (Å²) in [6.45, 7) is 1.76. The number of benzene rings is 1. The average Bonchev–Trinajstić information content (AvgIpc) is 2.02. The number of methoxy groups -OCH3 is 1. The molecule has 1 aromatic rings. The molecule has 0 aliphatic carbocycles. The first-order valence-corrected chi connectivity index (χ1v) is 4.99. The zero-order valence-electron chi connectivity index (χ0n) is 7.20. The molecule has 1 aromatic carbocycles. The van der Waals surface area contributed by atoms with Crippen molar-refractivity contribution in [2.75, 3.05) is 7.11 Å². The number of hydrogen-bond donors (Lipinski definition) is 1. The van der Waals surface area contributed by atoms with Gasteiger partial charge in [-0.1, -0.05) is 11.6 Å². The van der Waals surface area contributed by atoms with E-state index in [1.807, 2.05) is 0 Å². The Labute approximate surface area is 84.0 Å². The lowest BCUT2D eigenvalue weighted by Gasteiger charge is -2.08. The van der Waals surface area contributed by atoms with E-state index in [1.54, 1.807) is 13.0 Å². The smallest absolute Gasteiger partial charge is 0.190 e. The maximum absolute atomic E-state index is 10.9. The summed E-state index contributed by atoms with van der Waals surface area (Å²) in [5.41, 5.74) is 0.743. The zero-order valence-corrected chi connectivity index (χ0v) is 8.78. The molecule has 3 nitrogen and oxygen atoms in total. The molecule has 0 saturated heterocycles. The van der Waals surface area contributed by atoms with Crippen molar-refractivity contribution >= 4 is 22.7 Å². The maximum Gasteiger partial charge on any atom is 0.190 e. The fourth-order valence-corrected chi connectivity index (χ4v) is 2.06. The summed E-state index contributed by atoms with van der Waals surface area (Å²) in [7, 11) is 1.45. The molecule has 0 aromatic heterocycles. The quantitative estimate of drug-likeness (QED) is 0.778. The Bertz CT molecular complexity index is 351. The highest BCUT2D eigenvalue weighted by Crippen LogP contribution is 2.29. The Kier molecular flexibility index (Phi) is 3.30. The highest BCUT2D eigenvalue weighted by molar-refractivity contribution is 7.79. The second-order valence-electron chi connectivity index (χ2n) is 2.50. The fraction of sp³-hybridized carbons (Fsp3) is 0.250. The van der Waals surface area contributed by atoms with Gasteiger partial charge in [0.2, 0.25) is 0 Å². The van der Waals surface area contributed by atoms with E-state index in [0.29, 0.717) is 10.8 Å². The van der Waals surface area contributed by atoms with Crippen LogP contribution in [-0.2, 0) is 11.1 Å². The summed E-state index contributed by atoms with van der Waals surface area (Å²) in [5.74, 6) is 0.408. The molecule has 0 saturated carbocycles. The second-order valence-corrected chi connectivity index (χ2v) is 3.88. The lowest BCUT2D eigenvalue weighted by Crippen LogP contribution is -1.96. The van der Waals surface area contributed by atoms with Crippen molar-refractivity contribution in [2.24, 2.45) is 0 Å². The van der Waals surface area contributed by atoms with Crippen LogP contribution in [0.3, 0.4) is 0 Å². The van der Waals surface area contributed by atoms with Gasteiger partial charge in [-0.3, -0.25) is 0 Å². The normalized spacial score (nSPS) is 12.6. The van der Waals surface area contributed by atoms with Gasteiger partial charge in [0.1, 0.15) is 10.6 Å². The molecule has 0 bridgehead atoms. The molecule has 1 atom stereocenters. The van der Waals surface area contributed by atoms with Crippen molar-refractivity contribution in [1.29, 1.82) is 0 Å². The summed E-state index contributed by atoms with van der Waals surface area (Å²) in [5, 5.41) is 0.427. The van der Waals surface area contributed by atoms with E-state index in [4.69, 9.17) is 20.9 Å². The van der Waals surface area contributed by atoms with Crippen molar-refractivity contribution in [2.45, 2.75) is 11.8 Å². The lowest BCUT2D eigenvalue weighted by molar-refractivity contribution is 0.399. The summed E-state index contributed by atoms with van der Waals surface area (Å²) in [4.78, 5) is 0.201. The minimum absolute atomic E-state index is 0.201. The molecule has 0 fully saturated rings. The number of ether oxygens (including phenoxy) is 1. The van der Waals surface area contributed by atoms with Gasteiger partial charge in [-0.05, 0) is 24.6 Å². The van der Waals surface area contributed by atoms with Gasteiger partial charge >= 0.3 is 0 Å². The number of rotatable bonds is 2. The van der Waals surface area contributed by atoms with E-state index in [1.165, 1.54) is 13.2 Å². The number of halogens is 1. The van der Waals surface area contributed by atoms with Crippen molar-refractivity contribution in [3.8, 4) is 5.75 Å². The van der Waals surface area contributed by atoms with Crippen LogP contribution < -0.4 is 4.74 Å². The first kappa shape index (κ1) is 10.5. The molecule has 5 heteroatoms. The van der Waals surface area contributed by atoms with Gasteiger partial charge in [0.05, 0.1) is 7.11 Å². The van der Waals surface area contributed by atoms with Crippen molar-refractivity contribution in [3.05, 3.63) is 22.7 Å². The third kappa shape index (κ3) is 2.21. The number of hydrogen-bond acceptors (Lipinski definition) is 2. The van der Waals surface area contributed by atoms with Gasteiger partial charge in [-0.25, -0.2) is 4.21 Å². The monoisotopic (exact) mass is 220 g/mol. The molecule has 0 radical (unpaired) electrons. The standard InChI is InChI=1S/C8H9ClO3S/c1-5-3-6(9)4-7(13(10)11)8(5)12-2/h3-4H,1-2H3,(H,10,11). The summed E-state index contributed by atoms with van der Waals surface area (Å²) < 4.78 is 24.8. The molecule has 0 amide bonds. The van der Waals surface area contributed by atoms with Crippen LogP contribution in [0, 0.1) is 6.92 Å². The van der Waals surface area contributed by atoms with E-state index in [-0.39, 0.29) is 4.90 Å². The molecule has 0 aliphatic heterocycles. The minimum Gasteiger partial charge on any atom is -0.495 e. The van der Waals surface area contributed by atoms with Crippen LogP contribution in [0.4, 0.5) is 0 Å². The molecule has 0 aliphatic rings. The van der Waals surface area contributed by atoms with E-state index >= 15 is 0 Å². The van der Waals surface area contributed by atoms with Crippen LogP contribution in [0.1, 0.15) is 5.56 Å². The van der Waals surface area contributed by atoms with E-state index < -0.39 is 11.1 Å². The SMILES string of the molecule is COc1c(C)cc(Cl)cc1S(=O)O. The van der Waals surface area contributed by atoms with Gasteiger partial charge in [-0.2, -0.15) is 0 Å². The van der Waals surface area contributed by atoms with Crippen LogP contribution in [-0.4, -0.2) is 15.9 Å². The lowest BCUT2D eigenvalue weighted by atomic mass is 10.2. The Balaban J connectivity index is 3.38. The minimum atomic E-state index is -2.07. The van der Waals surface area contributed by atoms with Crippen LogP contribution in [0.15, 0.2) is 17.0 Å². The Hall–Kier alpha value is -0.580. The molecule has 1 rings (SSSR count). The summed E-state index contributed by atoms with van der Waals surface area (Å²) >= 11 is 3.65. The predicted molar refractivity (Wildman–Crippen MR) is 51.8 cm³/mol. The highest BCUT2D eigenvalue weighted by Gasteiger charge is 2.12. The molecule has 1 unspecified atom stereocenters. The first-order valence-electron chi connectivity index (χ1n) is 3.51. The second kappa shape index (κ2) is 4.09. The summed E-state index contributed by atoms with van der Waals surface area (Å²) in [6, 6.07) is 3.10. The molecule has 13 heavy (non-hydrogen) atoms. The molecule has 72 valence electrons. The molecular formula is C8H9ClO3S. The van der Waals surface area contributed by atoms with Crippen molar-refractivity contribution in [3.63, 3.8) is 0 Å². The van der Waals surface area contributed by atoms with E-state index in [2.05, 4.69) is 0 Å². The predicted octanol–water partition coefficient (Wildman–Crippen LogP) is 2.24. The Morgan fingerprint density at radius 3 is 2.62 bits per heavy atom. The highest BCUT2D eigenvalue weighted by atomic mass is 35.5. The van der Waals surface area contributed by atoms with Crippen molar-refractivity contribution < 1.29 is 13.5 Å². The fourth-order valence-electron chi connectivity index (χ4n) is 1.09. The Morgan fingerprint density at radius 1 is 1.54 bits per heavy atom. The van der Waals surface area contributed by atoms with Gasteiger partial charge in [0.15, 0.2) is 11.1 Å². The molecule has 0 spiro atoms. The topological polar surface area (TPSA) is 46.5 Å². The zero-order chi connectivity index (χ0) is 10.0. The third-order valence-electron chi connectivity index (χ3n) is 1.60. The van der Waals surface area contributed by atoms with Gasteiger partial charge in [0, 0.05) is 5.02 Å². The van der Waals surface area contributed by atoms with Gasteiger partial charge < -0.3 is 9.29 Å². The van der Waals surface area contributed by atoms with Crippen molar-refractivity contribution in [1.82, 2.24) is 0 Å². The average molecular weight is 221 g/mol. The molecular weight excluding hydrogens is 212 g/mol. The maximum atomic E-state index is 10.9. The largest absolute Gasteiger partial charge is 0.495 e.